The van der Waals surface area contributed by atoms with Crippen LogP contribution in [-0.2, 0) is 9.53 Å². The molecular formula is C13H26N2O2. The summed E-state index contributed by atoms with van der Waals surface area (Å²) in [5.74, 6) is 0.197. The predicted octanol–water partition coefficient (Wildman–Crippen LogP) is 1.40. The van der Waals surface area contributed by atoms with E-state index in [0.29, 0.717) is 6.10 Å². The minimum Gasteiger partial charge on any atom is -0.378 e. The predicted molar refractivity (Wildman–Crippen MR) is 69.0 cm³/mol. The molecule has 0 spiro atoms. The van der Waals surface area contributed by atoms with Crippen LogP contribution in [-0.4, -0.2) is 49.2 Å². The van der Waals surface area contributed by atoms with Crippen LogP contribution in [0.4, 0.5) is 0 Å². The SMILES string of the molecule is CCN(CC)C(=O)C(C)NCCC1CCCO1. The van der Waals surface area contributed by atoms with Crippen LogP contribution in [0.25, 0.3) is 0 Å². The molecule has 2 atom stereocenters. The highest BCUT2D eigenvalue weighted by atomic mass is 16.5. The van der Waals surface area contributed by atoms with Gasteiger partial charge in [0.15, 0.2) is 0 Å². The van der Waals surface area contributed by atoms with E-state index in [1.807, 2.05) is 25.7 Å². The molecule has 2 unspecified atom stereocenters. The Morgan fingerprint density at radius 3 is 2.71 bits per heavy atom. The highest BCUT2D eigenvalue weighted by molar-refractivity contribution is 5.81. The molecule has 0 saturated carbocycles. The monoisotopic (exact) mass is 242 g/mol. The molecule has 1 N–H and O–H groups in total. The van der Waals surface area contributed by atoms with Gasteiger partial charge in [-0.25, -0.2) is 0 Å². The highest BCUT2D eigenvalue weighted by Crippen LogP contribution is 2.14. The topological polar surface area (TPSA) is 41.6 Å². The van der Waals surface area contributed by atoms with E-state index in [2.05, 4.69) is 5.32 Å². The fourth-order valence-corrected chi connectivity index (χ4v) is 2.23. The number of hydrogen-bond acceptors (Lipinski definition) is 3. The summed E-state index contributed by atoms with van der Waals surface area (Å²) < 4.78 is 5.55. The van der Waals surface area contributed by atoms with Crippen molar-refractivity contribution in [2.75, 3.05) is 26.2 Å². The Hall–Kier alpha value is -0.610. The molecule has 1 heterocycles. The molecule has 1 aliphatic heterocycles. The van der Waals surface area contributed by atoms with Crippen LogP contribution in [0.2, 0.25) is 0 Å². The summed E-state index contributed by atoms with van der Waals surface area (Å²) in [4.78, 5) is 13.8. The quantitative estimate of drug-likeness (QED) is 0.734. The molecular weight excluding hydrogens is 216 g/mol. The van der Waals surface area contributed by atoms with Crippen molar-refractivity contribution in [3.63, 3.8) is 0 Å². The first-order valence-electron chi connectivity index (χ1n) is 6.82. The molecule has 1 rings (SSSR count). The van der Waals surface area contributed by atoms with Crippen molar-refractivity contribution < 1.29 is 9.53 Å². The lowest BCUT2D eigenvalue weighted by molar-refractivity contribution is -0.132. The molecule has 0 bridgehead atoms. The van der Waals surface area contributed by atoms with Crippen LogP contribution >= 0.6 is 0 Å². The van der Waals surface area contributed by atoms with Crippen LogP contribution in [0, 0.1) is 0 Å². The Morgan fingerprint density at radius 1 is 1.47 bits per heavy atom. The summed E-state index contributed by atoms with van der Waals surface area (Å²) in [5, 5.41) is 3.29. The Labute approximate surface area is 105 Å². The maximum absolute atomic E-state index is 12.0. The van der Waals surface area contributed by atoms with Crippen molar-refractivity contribution in [2.45, 2.75) is 52.2 Å². The van der Waals surface area contributed by atoms with Crippen LogP contribution in [0.15, 0.2) is 0 Å². The van der Waals surface area contributed by atoms with Gasteiger partial charge in [0.2, 0.25) is 5.91 Å². The zero-order chi connectivity index (χ0) is 12.7. The molecule has 0 aromatic carbocycles. The fraction of sp³-hybridized carbons (Fsp3) is 0.923. The Balaban J connectivity index is 2.18. The third-order valence-corrected chi connectivity index (χ3v) is 3.39. The van der Waals surface area contributed by atoms with E-state index < -0.39 is 0 Å². The van der Waals surface area contributed by atoms with E-state index in [0.717, 1.165) is 32.7 Å². The second-order valence-corrected chi connectivity index (χ2v) is 4.61. The highest BCUT2D eigenvalue weighted by Gasteiger charge is 2.19. The number of likely N-dealkylation sites (N-methyl/N-ethyl adjacent to an activating group) is 1. The smallest absolute Gasteiger partial charge is 0.239 e. The summed E-state index contributed by atoms with van der Waals surface area (Å²) in [7, 11) is 0. The molecule has 100 valence electrons. The zero-order valence-corrected chi connectivity index (χ0v) is 11.4. The van der Waals surface area contributed by atoms with Crippen LogP contribution in [0.5, 0.6) is 0 Å². The molecule has 1 amide bonds. The van der Waals surface area contributed by atoms with Gasteiger partial charge in [-0.05, 0) is 46.6 Å². The molecule has 4 heteroatoms. The maximum atomic E-state index is 12.0. The van der Waals surface area contributed by atoms with Crippen molar-refractivity contribution in [3.05, 3.63) is 0 Å². The zero-order valence-electron chi connectivity index (χ0n) is 11.4. The van der Waals surface area contributed by atoms with E-state index in [9.17, 15) is 4.79 Å². The summed E-state index contributed by atoms with van der Waals surface area (Å²) in [5.41, 5.74) is 0. The van der Waals surface area contributed by atoms with E-state index in [1.165, 1.54) is 12.8 Å². The minimum atomic E-state index is -0.0868. The Kier molecular flexibility index (Phi) is 6.52. The van der Waals surface area contributed by atoms with Gasteiger partial charge in [-0.3, -0.25) is 4.79 Å². The number of hydrogen-bond donors (Lipinski definition) is 1. The molecule has 0 radical (unpaired) electrons. The third-order valence-electron chi connectivity index (χ3n) is 3.39. The maximum Gasteiger partial charge on any atom is 0.239 e. The van der Waals surface area contributed by atoms with E-state index >= 15 is 0 Å². The van der Waals surface area contributed by atoms with Gasteiger partial charge in [-0.2, -0.15) is 0 Å². The molecule has 4 nitrogen and oxygen atoms in total. The number of ether oxygens (including phenoxy) is 1. The lowest BCUT2D eigenvalue weighted by Gasteiger charge is -2.23. The Bertz CT molecular complexity index is 223. The number of amides is 1. The van der Waals surface area contributed by atoms with Crippen molar-refractivity contribution in [3.8, 4) is 0 Å². The van der Waals surface area contributed by atoms with E-state index in [-0.39, 0.29) is 11.9 Å². The average Bonchev–Trinajstić information content (AvgIpc) is 2.83. The molecule has 1 fully saturated rings. The summed E-state index contributed by atoms with van der Waals surface area (Å²) in [6.07, 6.45) is 3.76. The Morgan fingerprint density at radius 2 is 2.18 bits per heavy atom. The molecule has 0 aromatic heterocycles. The van der Waals surface area contributed by atoms with E-state index in [4.69, 9.17) is 4.74 Å². The first-order valence-corrected chi connectivity index (χ1v) is 6.82. The number of rotatable bonds is 7. The van der Waals surface area contributed by atoms with Crippen LogP contribution < -0.4 is 5.32 Å². The van der Waals surface area contributed by atoms with Crippen LogP contribution in [0.1, 0.15) is 40.0 Å². The fourth-order valence-electron chi connectivity index (χ4n) is 2.23. The van der Waals surface area contributed by atoms with Gasteiger partial charge in [0, 0.05) is 19.7 Å². The van der Waals surface area contributed by atoms with Gasteiger partial charge in [-0.15, -0.1) is 0 Å². The number of nitrogens with one attached hydrogen (secondary N) is 1. The van der Waals surface area contributed by atoms with Crippen LogP contribution in [0.3, 0.4) is 0 Å². The summed E-state index contributed by atoms with van der Waals surface area (Å²) >= 11 is 0. The standard InChI is InChI=1S/C13H26N2O2/c1-4-15(5-2)13(16)11(3)14-9-8-12-7-6-10-17-12/h11-12,14H,4-10H2,1-3H3. The van der Waals surface area contributed by atoms with Gasteiger partial charge < -0.3 is 15.0 Å². The van der Waals surface area contributed by atoms with Gasteiger partial charge in [0.05, 0.1) is 12.1 Å². The molecule has 1 saturated heterocycles. The third kappa shape index (κ3) is 4.64. The molecule has 0 aliphatic carbocycles. The minimum absolute atomic E-state index is 0.0868. The van der Waals surface area contributed by atoms with Crippen molar-refractivity contribution in [1.82, 2.24) is 10.2 Å². The average molecular weight is 242 g/mol. The second-order valence-electron chi connectivity index (χ2n) is 4.61. The largest absolute Gasteiger partial charge is 0.378 e. The number of carbonyl (C=O) groups is 1. The number of nitrogens with zero attached hydrogens (tertiary/aromatic N) is 1. The van der Waals surface area contributed by atoms with Gasteiger partial charge in [0.25, 0.3) is 0 Å². The second kappa shape index (κ2) is 7.67. The normalized spacial score (nSPS) is 21.5. The lowest BCUT2D eigenvalue weighted by atomic mass is 10.2. The molecule has 1 aliphatic rings. The van der Waals surface area contributed by atoms with Crippen molar-refractivity contribution in [1.29, 1.82) is 0 Å². The molecule has 0 aromatic rings. The first kappa shape index (κ1) is 14.5. The van der Waals surface area contributed by atoms with Crippen molar-refractivity contribution >= 4 is 5.91 Å². The molecule has 17 heavy (non-hydrogen) atoms. The first-order chi connectivity index (χ1) is 8.19. The van der Waals surface area contributed by atoms with Gasteiger partial charge in [0.1, 0.15) is 0 Å². The van der Waals surface area contributed by atoms with Gasteiger partial charge in [-0.1, -0.05) is 0 Å². The lowest BCUT2D eigenvalue weighted by Crippen LogP contribution is -2.45. The van der Waals surface area contributed by atoms with Crippen molar-refractivity contribution in [2.24, 2.45) is 0 Å². The number of carbonyl (C=O) groups excluding carboxylic acids is 1. The van der Waals surface area contributed by atoms with E-state index in [1.54, 1.807) is 0 Å². The summed E-state index contributed by atoms with van der Waals surface area (Å²) in [6.45, 7) is 9.30. The van der Waals surface area contributed by atoms with Gasteiger partial charge >= 0.3 is 0 Å². The summed E-state index contributed by atoms with van der Waals surface area (Å²) in [6, 6.07) is -0.0868.